The Labute approximate surface area is 130 Å². The summed E-state index contributed by atoms with van der Waals surface area (Å²) in [5.74, 6) is 2.78. The highest BCUT2D eigenvalue weighted by Crippen LogP contribution is 2.41. The van der Waals surface area contributed by atoms with Crippen molar-refractivity contribution >= 4 is 27.4 Å². The van der Waals surface area contributed by atoms with Crippen molar-refractivity contribution in [3.05, 3.63) is 16.3 Å². The maximum atomic E-state index is 4.97. The van der Waals surface area contributed by atoms with E-state index in [4.69, 9.17) is 9.97 Å². The first kappa shape index (κ1) is 13.5. The van der Waals surface area contributed by atoms with Crippen molar-refractivity contribution in [3.8, 4) is 0 Å². The van der Waals surface area contributed by atoms with Crippen LogP contribution in [-0.4, -0.2) is 16.5 Å². The summed E-state index contributed by atoms with van der Waals surface area (Å²) in [5.41, 5.74) is 1.53. The molecule has 1 fully saturated rings. The molecule has 3 nitrogen and oxygen atoms in total. The number of hydrogen-bond acceptors (Lipinski definition) is 4. The van der Waals surface area contributed by atoms with E-state index in [0.717, 1.165) is 18.2 Å². The van der Waals surface area contributed by atoms with Gasteiger partial charge in [-0.15, -0.1) is 11.3 Å². The molecule has 2 aromatic heterocycles. The fraction of sp³-hybridized carbons (Fsp3) is 0.647. The number of rotatable bonds is 3. The molecule has 0 aromatic carbocycles. The van der Waals surface area contributed by atoms with Crippen molar-refractivity contribution in [2.45, 2.75) is 64.2 Å². The Hall–Kier alpha value is -1.16. The van der Waals surface area contributed by atoms with E-state index in [0.29, 0.717) is 5.92 Å². The van der Waals surface area contributed by atoms with Crippen LogP contribution in [0.5, 0.6) is 0 Å². The Balaban J connectivity index is 1.82. The summed E-state index contributed by atoms with van der Waals surface area (Å²) in [6.45, 7) is 3.08. The number of thiophene rings is 1. The zero-order valence-corrected chi connectivity index (χ0v) is 13.6. The molecule has 2 aromatic rings. The lowest BCUT2D eigenvalue weighted by molar-refractivity contribution is 0.430. The topological polar surface area (TPSA) is 37.8 Å². The summed E-state index contributed by atoms with van der Waals surface area (Å²) in [4.78, 5) is 12.7. The summed E-state index contributed by atoms with van der Waals surface area (Å²) in [6, 6.07) is 0. The van der Waals surface area contributed by atoms with E-state index in [9.17, 15) is 0 Å². The third kappa shape index (κ3) is 2.33. The largest absolute Gasteiger partial charge is 0.370 e. The van der Waals surface area contributed by atoms with Gasteiger partial charge in [0.05, 0.1) is 5.39 Å². The minimum atomic E-state index is 0.581. The number of aryl methyl sites for hydroxylation is 2. The smallest absolute Gasteiger partial charge is 0.138 e. The van der Waals surface area contributed by atoms with E-state index in [-0.39, 0.29) is 0 Å². The van der Waals surface area contributed by atoms with Gasteiger partial charge in [-0.05, 0) is 44.6 Å². The van der Waals surface area contributed by atoms with Crippen LogP contribution in [0.2, 0.25) is 0 Å². The van der Waals surface area contributed by atoms with Gasteiger partial charge in [-0.3, -0.25) is 0 Å². The summed E-state index contributed by atoms with van der Waals surface area (Å²) >= 11 is 1.91. The highest BCUT2D eigenvalue weighted by molar-refractivity contribution is 7.19. The van der Waals surface area contributed by atoms with Crippen LogP contribution >= 0.6 is 11.3 Å². The average Bonchev–Trinajstić information content (AvgIpc) is 3.08. The van der Waals surface area contributed by atoms with Crippen LogP contribution in [0.15, 0.2) is 0 Å². The molecule has 2 heterocycles. The SMILES string of the molecule is CCNc1nc(C2CCCCC2)nc2sc3c(c12)CCC3. The standard InChI is InChI=1S/C17H23N3S/c1-2-18-16-14-12-9-6-10-13(12)21-17(14)20-15(19-16)11-7-4-3-5-8-11/h11H,2-10H2,1H3,(H,18,19,20). The fourth-order valence-corrected chi connectivity index (χ4v) is 5.12. The van der Waals surface area contributed by atoms with Crippen molar-refractivity contribution in [1.29, 1.82) is 0 Å². The lowest BCUT2D eigenvalue weighted by Crippen LogP contribution is -2.11. The van der Waals surface area contributed by atoms with Gasteiger partial charge in [0.2, 0.25) is 0 Å². The minimum Gasteiger partial charge on any atom is -0.370 e. The van der Waals surface area contributed by atoms with E-state index in [1.165, 1.54) is 67.1 Å². The normalized spacial score (nSPS) is 19.1. The third-order valence-electron chi connectivity index (χ3n) is 4.90. The van der Waals surface area contributed by atoms with Gasteiger partial charge in [0, 0.05) is 17.3 Å². The third-order valence-corrected chi connectivity index (χ3v) is 6.08. The second-order valence-electron chi connectivity index (χ2n) is 6.33. The maximum absolute atomic E-state index is 4.97. The Kier molecular flexibility index (Phi) is 3.57. The molecule has 0 aliphatic heterocycles. The number of fused-ring (bicyclic) bond motifs is 3. The number of hydrogen-bond donors (Lipinski definition) is 1. The maximum Gasteiger partial charge on any atom is 0.138 e. The van der Waals surface area contributed by atoms with E-state index in [1.54, 1.807) is 4.88 Å². The van der Waals surface area contributed by atoms with Gasteiger partial charge < -0.3 is 5.32 Å². The Morgan fingerprint density at radius 2 is 1.95 bits per heavy atom. The first-order chi connectivity index (χ1) is 10.4. The second-order valence-corrected chi connectivity index (χ2v) is 7.42. The molecule has 112 valence electrons. The van der Waals surface area contributed by atoms with Gasteiger partial charge in [0.1, 0.15) is 16.5 Å². The molecule has 1 saturated carbocycles. The van der Waals surface area contributed by atoms with Crippen LogP contribution in [0.25, 0.3) is 10.2 Å². The highest BCUT2D eigenvalue weighted by atomic mass is 32.1. The van der Waals surface area contributed by atoms with Crippen LogP contribution < -0.4 is 5.32 Å². The van der Waals surface area contributed by atoms with Gasteiger partial charge in [0.15, 0.2) is 0 Å². The number of anilines is 1. The zero-order chi connectivity index (χ0) is 14.2. The van der Waals surface area contributed by atoms with E-state index < -0.39 is 0 Å². The summed E-state index contributed by atoms with van der Waals surface area (Å²) in [5, 5.41) is 4.83. The predicted octanol–water partition coefficient (Wildman–Crippen LogP) is 4.66. The summed E-state index contributed by atoms with van der Waals surface area (Å²) in [6.07, 6.45) is 10.3. The molecular weight excluding hydrogens is 278 g/mol. The van der Waals surface area contributed by atoms with Crippen LogP contribution in [-0.2, 0) is 12.8 Å². The van der Waals surface area contributed by atoms with Crippen molar-refractivity contribution in [2.75, 3.05) is 11.9 Å². The lowest BCUT2D eigenvalue weighted by atomic mass is 9.88. The Morgan fingerprint density at radius 3 is 2.76 bits per heavy atom. The fourth-order valence-electron chi connectivity index (χ4n) is 3.85. The van der Waals surface area contributed by atoms with Gasteiger partial charge in [-0.2, -0.15) is 0 Å². The van der Waals surface area contributed by atoms with Crippen LogP contribution in [0, 0.1) is 0 Å². The molecular formula is C17H23N3S. The van der Waals surface area contributed by atoms with E-state index in [1.807, 2.05) is 11.3 Å². The minimum absolute atomic E-state index is 0.581. The average molecular weight is 301 g/mol. The first-order valence-electron chi connectivity index (χ1n) is 8.43. The molecule has 1 N–H and O–H groups in total. The molecule has 0 bridgehead atoms. The van der Waals surface area contributed by atoms with Crippen molar-refractivity contribution in [3.63, 3.8) is 0 Å². The molecule has 4 rings (SSSR count). The monoisotopic (exact) mass is 301 g/mol. The molecule has 2 aliphatic rings. The van der Waals surface area contributed by atoms with Gasteiger partial charge in [-0.1, -0.05) is 19.3 Å². The number of nitrogens with zero attached hydrogens (tertiary/aromatic N) is 2. The molecule has 0 spiro atoms. The first-order valence-corrected chi connectivity index (χ1v) is 9.24. The predicted molar refractivity (Wildman–Crippen MR) is 89.4 cm³/mol. The molecule has 0 atom stereocenters. The van der Waals surface area contributed by atoms with Gasteiger partial charge in [0.25, 0.3) is 0 Å². The molecule has 4 heteroatoms. The molecule has 21 heavy (non-hydrogen) atoms. The zero-order valence-electron chi connectivity index (χ0n) is 12.7. The highest BCUT2D eigenvalue weighted by Gasteiger charge is 2.25. The lowest BCUT2D eigenvalue weighted by Gasteiger charge is -2.21. The second kappa shape index (κ2) is 5.56. The number of nitrogens with one attached hydrogen (secondary N) is 1. The van der Waals surface area contributed by atoms with Crippen molar-refractivity contribution < 1.29 is 0 Å². The Bertz CT molecular complexity index is 656. The van der Waals surface area contributed by atoms with Crippen LogP contribution in [0.4, 0.5) is 5.82 Å². The van der Waals surface area contributed by atoms with Gasteiger partial charge >= 0.3 is 0 Å². The van der Waals surface area contributed by atoms with Crippen LogP contribution in [0.3, 0.4) is 0 Å². The quantitative estimate of drug-likeness (QED) is 0.896. The van der Waals surface area contributed by atoms with Crippen molar-refractivity contribution in [1.82, 2.24) is 9.97 Å². The Morgan fingerprint density at radius 1 is 1.10 bits per heavy atom. The summed E-state index contributed by atoms with van der Waals surface area (Å²) < 4.78 is 0. The van der Waals surface area contributed by atoms with E-state index >= 15 is 0 Å². The van der Waals surface area contributed by atoms with Crippen molar-refractivity contribution in [2.24, 2.45) is 0 Å². The molecule has 0 amide bonds. The molecule has 0 unspecified atom stereocenters. The molecule has 0 radical (unpaired) electrons. The number of aromatic nitrogens is 2. The summed E-state index contributed by atoms with van der Waals surface area (Å²) in [7, 11) is 0. The molecule has 2 aliphatic carbocycles. The van der Waals surface area contributed by atoms with Gasteiger partial charge in [-0.25, -0.2) is 9.97 Å². The van der Waals surface area contributed by atoms with Crippen LogP contribution in [0.1, 0.15) is 67.6 Å². The molecule has 0 saturated heterocycles. The van der Waals surface area contributed by atoms with E-state index in [2.05, 4.69) is 12.2 Å².